The van der Waals surface area contributed by atoms with Crippen LogP contribution in [0.5, 0.6) is 0 Å². The Morgan fingerprint density at radius 2 is 1.89 bits per heavy atom. The van der Waals surface area contributed by atoms with Crippen molar-refractivity contribution in [2.24, 2.45) is 0 Å². The summed E-state index contributed by atoms with van der Waals surface area (Å²) < 4.78 is 6.69. The van der Waals surface area contributed by atoms with Gasteiger partial charge in [-0.1, -0.05) is 42.5 Å². The molecule has 0 bridgehead atoms. The number of halogens is 1. The Morgan fingerprint density at radius 1 is 1.16 bits per heavy atom. The molecule has 0 unspecified atom stereocenters. The van der Waals surface area contributed by atoms with Gasteiger partial charge >= 0.3 is 0 Å². The molecule has 2 aromatic carbocycles. The van der Waals surface area contributed by atoms with Gasteiger partial charge in [-0.2, -0.15) is 0 Å². The molecular formula is C16H15IO2. The number of benzene rings is 2. The van der Waals surface area contributed by atoms with Crippen LogP contribution in [0.1, 0.15) is 21.5 Å². The topological polar surface area (TPSA) is 26.3 Å². The standard InChI is InChI=1S/C16H15IO2/c1-12-7-8-13(9-15(12)17)10-19-11-16(18)14-5-3-2-4-6-14/h2-9H,10-11H2,1H3. The first-order valence-electron chi connectivity index (χ1n) is 6.08. The molecule has 0 radical (unpaired) electrons. The molecule has 0 fully saturated rings. The van der Waals surface area contributed by atoms with Crippen molar-refractivity contribution in [1.82, 2.24) is 0 Å². The molecule has 98 valence electrons. The van der Waals surface area contributed by atoms with Crippen LogP contribution < -0.4 is 0 Å². The van der Waals surface area contributed by atoms with Crippen LogP contribution in [0.3, 0.4) is 0 Å². The van der Waals surface area contributed by atoms with Gasteiger partial charge in [0, 0.05) is 9.13 Å². The number of aryl methyl sites for hydroxylation is 1. The maximum Gasteiger partial charge on any atom is 0.188 e. The van der Waals surface area contributed by atoms with Crippen LogP contribution in [-0.4, -0.2) is 12.4 Å². The number of Topliss-reactive ketones (excluding diaryl/α,β-unsaturated/α-hetero) is 1. The Morgan fingerprint density at radius 3 is 2.58 bits per heavy atom. The molecule has 2 rings (SSSR count). The van der Waals surface area contributed by atoms with Gasteiger partial charge < -0.3 is 4.74 Å². The van der Waals surface area contributed by atoms with Crippen molar-refractivity contribution in [2.45, 2.75) is 13.5 Å². The van der Waals surface area contributed by atoms with Gasteiger partial charge in [0.25, 0.3) is 0 Å². The minimum Gasteiger partial charge on any atom is -0.369 e. The van der Waals surface area contributed by atoms with E-state index in [1.54, 1.807) is 12.1 Å². The third-order valence-corrected chi connectivity index (χ3v) is 4.00. The fourth-order valence-corrected chi connectivity index (χ4v) is 2.27. The highest BCUT2D eigenvalue weighted by Gasteiger charge is 2.05. The minimum atomic E-state index is 0.0161. The number of hydrogen-bond acceptors (Lipinski definition) is 2. The molecule has 0 saturated carbocycles. The van der Waals surface area contributed by atoms with Crippen molar-refractivity contribution in [2.75, 3.05) is 6.61 Å². The van der Waals surface area contributed by atoms with E-state index in [2.05, 4.69) is 41.6 Å². The SMILES string of the molecule is Cc1ccc(COCC(=O)c2ccccc2)cc1I. The van der Waals surface area contributed by atoms with Crippen LogP contribution in [0, 0.1) is 10.5 Å². The lowest BCUT2D eigenvalue weighted by atomic mass is 10.1. The summed E-state index contributed by atoms with van der Waals surface area (Å²) in [6, 6.07) is 15.4. The molecule has 2 nitrogen and oxygen atoms in total. The highest BCUT2D eigenvalue weighted by atomic mass is 127. The summed E-state index contributed by atoms with van der Waals surface area (Å²) in [6.07, 6.45) is 0. The predicted octanol–water partition coefficient (Wildman–Crippen LogP) is 4.00. The van der Waals surface area contributed by atoms with E-state index in [9.17, 15) is 4.79 Å². The molecule has 0 aromatic heterocycles. The van der Waals surface area contributed by atoms with Crippen molar-refractivity contribution in [1.29, 1.82) is 0 Å². The zero-order valence-corrected chi connectivity index (χ0v) is 12.9. The summed E-state index contributed by atoms with van der Waals surface area (Å²) in [7, 11) is 0. The largest absolute Gasteiger partial charge is 0.369 e. The van der Waals surface area contributed by atoms with Gasteiger partial charge in [-0.25, -0.2) is 0 Å². The third kappa shape index (κ3) is 4.14. The Labute approximate surface area is 126 Å². The fraction of sp³-hybridized carbons (Fsp3) is 0.188. The van der Waals surface area contributed by atoms with Crippen LogP contribution >= 0.6 is 22.6 Å². The lowest BCUT2D eigenvalue weighted by Crippen LogP contribution is -2.09. The van der Waals surface area contributed by atoms with Crippen LogP contribution in [0.15, 0.2) is 48.5 Å². The average molecular weight is 366 g/mol. The smallest absolute Gasteiger partial charge is 0.188 e. The van der Waals surface area contributed by atoms with Crippen molar-refractivity contribution < 1.29 is 9.53 Å². The predicted molar refractivity (Wildman–Crippen MR) is 84.3 cm³/mol. The van der Waals surface area contributed by atoms with Crippen LogP contribution in [0.2, 0.25) is 0 Å². The van der Waals surface area contributed by atoms with E-state index in [1.807, 2.05) is 24.3 Å². The Balaban J connectivity index is 1.87. The second-order valence-corrected chi connectivity index (χ2v) is 5.53. The van der Waals surface area contributed by atoms with Crippen LogP contribution in [-0.2, 0) is 11.3 Å². The van der Waals surface area contributed by atoms with E-state index >= 15 is 0 Å². The molecule has 0 N–H and O–H groups in total. The second-order valence-electron chi connectivity index (χ2n) is 4.37. The van der Waals surface area contributed by atoms with Crippen LogP contribution in [0.25, 0.3) is 0 Å². The van der Waals surface area contributed by atoms with Crippen molar-refractivity contribution in [3.8, 4) is 0 Å². The summed E-state index contributed by atoms with van der Waals surface area (Å²) in [5, 5.41) is 0. The van der Waals surface area contributed by atoms with Gasteiger partial charge in [0.2, 0.25) is 0 Å². The molecule has 0 atom stereocenters. The molecular weight excluding hydrogens is 351 g/mol. The van der Waals surface area contributed by atoms with Gasteiger partial charge in [0.05, 0.1) is 6.61 Å². The first-order chi connectivity index (χ1) is 9.16. The van der Waals surface area contributed by atoms with E-state index in [-0.39, 0.29) is 12.4 Å². The van der Waals surface area contributed by atoms with E-state index in [0.717, 1.165) is 5.56 Å². The second kappa shape index (κ2) is 6.82. The summed E-state index contributed by atoms with van der Waals surface area (Å²) in [6.45, 7) is 2.66. The van der Waals surface area contributed by atoms with E-state index in [4.69, 9.17) is 4.74 Å². The highest BCUT2D eigenvalue weighted by molar-refractivity contribution is 14.1. The number of hydrogen-bond donors (Lipinski definition) is 0. The first kappa shape index (κ1) is 14.2. The molecule has 19 heavy (non-hydrogen) atoms. The number of carbonyl (C=O) groups excluding carboxylic acids is 1. The molecule has 0 aliphatic rings. The molecule has 0 amide bonds. The zero-order chi connectivity index (χ0) is 13.7. The number of rotatable bonds is 5. The van der Waals surface area contributed by atoms with Gasteiger partial charge in [0.1, 0.15) is 6.61 Å². The fourth-order valence-electron chi connectivity index (χ4n) is 1.70. The maximum atomic E-state index is 11.8. The summed E-state index contributed by atoms with van der Waals surface area (Å²) in [5.74, 6) is 0.0161. The monoisotopic (exact) mass is 366 g/mol. The van der Waals surface area contributed by atoms with Gasteiger partial charge in [-0.15, -0.1) is 0 Å². The zero-order valence-electron chi connectivity index (χ0n) is 10.7. The lowest BCUT2D eigenvalue weighted by molar-refractivity contribution is 0.0726. The summed E-state index contributed by atoms with van der Waals surface area (Å²) in [5.41, 5.74) is 3.04. The quantitative estimate of drug-likeness (QED) is 0.591. The van der Waals surface area contributed by atoms with Crippen molar-refractivity contribution in [3.63, 3.8) is 0 Å². The molecule has 0 heterocycles. The number of ketones is 1. The van der Waals surface area contributed by atoms with E-state index in [1.165, 1.54) is 9.13 Å². The van der Waals surface area contributed by atoms with Crippen LogP contribution in [0.4, 0.5) is 0 Å². The van der Waals surface area contributed by atoms with Crippen molar-refractivity contribution in [3.05, 3.63) is 68.8 Å². The normalized spacial score (nSPS) is 10.4. The highest BCUT2D eigenvalue weighted by Crippen LogP contribution is 2.14. The summed E-state index contributed by atoms with van der Waals surface area (Å²) >= 11 is 2.30. The molecule has 0 saturated heterocycles. The first-order valence-corrected chi connectivity index (χ1v) is 7.16. The third-order valence-electron chi connectivity index (χ3n) is 2.83. The van der Waals surface area contributed by atoms with E-state index in [0.29, 0.717) is 12.2 Å². The van der Waals surface area contributed by atoms with E-state index < -0.39 is 0 Å². The molecule has 0 aliphatic carbocycles. The molecule has 2 aromatic rings. The maximum absolute atomic E-state index is 11.8. The number of ether oxygens (including phenoxy) is 1. The summed E-state index contributed by atoms with van der Waals surface area (Å²) in [4.78, 5) is 11.8. The van der Waals surface area contributed by atoms with Gasteiger partial charge in [-0.05, 0) is 46.7 Å². The Hall–Kier alpha value is -1.20. The molecule has 3 heteroatoms. The van der Waals surface area contributed by atoms with Gasteiger partial charge in [-0.3, -0.25) is 4.79 Å². The molecule has 0 aliphatic heterocycles. The number of carbonyl (C=O) groups is 1. The van der Waals surface area contributed by atoms with Gasteiger partial charge in [0.15, 0.2) is 5.78 Å². The Kier molecular flexibility index (Phi) is 5.10. The average Bonchev–Trinajstić information content (AvgIpc) is 2.43. The molecule has 0 spiro atoms. The Bertz CT molecular complexity index is 564. The minimum absolute atomic E-state index is 0.0161. The lowest BCUT2D eigenvalue weighted by Gasteiger charge is -2.06. The van der Waals surface area contributed by atoms with Crippen molar-refractivity contribution >= 4 is 28.4 Å².